The minimum atomic E-state index is -0.435. The SMILES string of the molecule is CC(C)[C@@H](N)C(=O)N(Cc1cccs1)Cc1cccs1. The van der Waals surface area contributed by atoms with E-state index in [0.717, 1.165) is 0 Å². The van der Waals surface area contributed by atoms with E-state index in [-0.39, 0.29) is 11.8 Å². The zero-order valence-corrected chi connectivity index (χ0v) is 13.4. The maximum Gasteiger partial charge on any atom is 0.240 e. The molecule has 0 aliphatic carbocycles. The fraction of sp³-hybridized carbons (Fsp3) is 0.400. The molecule has 0 aliphatic rings. The summed E-state index contributed by atoms with van der Waals surface area (Å²) in [6.07, 6.45) is 0. The molecular weight excluding hydrogens is 288 g/mol. The molecule has 2 aromatic heterocycles. The topological polar surface area (TPSA) is 46.3 Å². The van der Waals surface area contributed by atoms with E-state index in [4.69, 9.17) is 5.73 Å². The van der Waals surface area contributed by atoms with E-state index in [9.17, 15) is 4.79 Å². The first-order valence-electron chi connectivity index (χ1n) is 6.67. The van der Waals surface area contributed by atoms with Gasteiger partial charge in [-0.1, -0.05) is 26.0 Å². The number of carbonyl (C=O) groups excluding carboxylic acids is 1. The second kappa shape index (κ2) is 7.02. The quantitative estimate of drug-likeness (QED) is 0.890. The van der Waals surface area contributed by atoms with E-state index < -0.39 is 6.04 Å². The average Bonchev–Trinajstić information content (AvgIpc) is 3.09. The number of hydrogen-bond donors (Lipinski definition) is 1. The minimum absolute atomic E-state index is 0.0294. The molecule has 0 aromatic carbocycles. The van der Waals surface area contributed by atoms with Gasteiger partial charge >= 0.3 is 0 Å². The summed E-state index contributed by atoms with van der Waals surface area (Å²) >= 11 is 3.34. The highest BCUT2D eigenvalue weighted by Gasteiger charge is 2.24. The molecule has 1 atom stereocenters. The van der Waals surface area contributed by atoms with Crippen LogP contribution in [0.25, 0.3) is 0 Å². The summed E-state index contributed by atoms with van der Waals surface area (Å²) in [7, 11) is 0. The van der Waals surface area contributed by atoms with Crippen LogP contribution in [-0.2, 0) is 17.9 Å². The van der Waals surface area contributed by atoms with Crippen molar-refractivity contribution < 1.29 is 4.79 Å². The first-order chi connectivity index (χ1) is 9.58. The van der Waals surface area contributed by atoms with Crippen molar-refractivity contribution in [3.63, 3.8) is 0 Å². The number of rotatable bonds is 6. The monoisotopic (exact) mass is 308 g/mol. The molecule has 1 amide bonds. The van der Waals surface area contributed by atoms with E-state index in [0.29, 0.717) is 13.1 Å². The highest BCUT2D eigenvalue weighted by Crippen LogP contribution is 2.18. The van der Waals surface area contributed by atoms with Gasteiger partial charge in [-0.25, -0.2) is 0 Å². The molecule has 0 spiro atoms. The summed E-state index contributed by atoms with van der Waals surface area (Å²) in [5, 5.41) is 4.07. The Bertz CT molecular complexity index is 484. The van der Waals surface area contributed by atoms with Gasteiger partial charge in [0.2, 0.25) is 5.91 Å². The molecule has 20 heavy (non-hydrogen) atoms. The van der Waals surface area contributed by atoms with E-state index in [1.165, 1.54) is 9.75 Å². The maximum atomic E-state index is 12.5. The molecular formula is C15H20N2OS2. The largest absolute Gasteiger partial charge is 0.331 e. The molecule has 2 N–H and O–H groups in total. The number of nitrogens with zero attached hydrogens (tertiary/aromatic N) is 1. The summed E-state index contributed by atoms with van der Waals surface area (Å²) in [4.78, 5) is 16.8. The first kappa shape index (κ1) is 15.2. The lowest BCUT2D eigenvalue weighted by atomic mass is 10.0. The van der Waals surface area contributed by atoms with Crippen LogP contribution in [-0.4, -0.2) is 16.8 Å². The van der Waals surface area contributed by atoms with Gasteiger partial charge in [-0.05, 0) is 28.8 Å². The number of amides is 1. The van der Waals surface area contributed by atoms with Gasteiger partial charge in [0.15, 0.2) is 0 Å². The summed E-state index contributed by atoms with van der Waals surface area (Å²) in [6, 6.07) is 7.70. The van der Waals surface area contributed by atoms with Crippen LogP contribution in [0.15, 0.2) is 35.0 Å². The van der Waals surface area contributed by atoms with Crippen molar-refractivity contribution in [1.82, 2.24) is 4.90 Å². The van der Waals surface area contributed by atoms with Crippen LogP contribution in [0.1, 0.15) is 23.6 Å². The fourth-order valence-electron chi connectivity index (χ4n) is 1.89. The zero-order valence-electron chi connectivity index (χ0n) is 11.8. The Morgan fingerprint density at radius 3 is 2.00 bits per heavy atom. The summed E-state index contributed by atoms with van der Waals surface area (Å²) in [5.41, 5.74) is 6.03. The Kier molecular flexibility index (Phi) is 5.34. The van der Waals surface area contributed by atoms with Crippen molar-refractivity contribution >= 4 is 28.6 Å². The van der Waals surface area contributed by atoms with Gasteiger partial charge in [0, 0.05) is 9.75 Å². The molecule has 5 heteroatoms. The van der Waals surface area contributed by atoms with Crippen LogP contribution in [0.3, 0.4) is 0 Å². The fourth-order valence-corrected chi connectivity index (χ4v) is 3.33. The van der Waals surface area contributed by atoms with Gasteiger partial charge in [0.1, 0.15) is 0 Å². The lowest BCUT2D eigenvalue weighted by molar-refractivity contribution is -0.134. The maximum absolute atomic E-state index is 12.5. The molecule has 2 aromatic rings. The third-order valence-electron chi connectivity index (χ3n) is 3.17. The molecule has 108 valence electrons. The summed E-state index contributed by atoms with van der Waals surface area (Å²) < 4.78 is 0. The molecule has 0 saturated carbocycles. The molecule has 0 fully saturated rings. The van der Waals surface area contributed by atoms with Crippen molar-refractivity contribution in [1.29, 1.82) is 0 Å². The van der Waals surface area contributed by atoms with Crippen molar-refractivity contribution in [3.05, 3.63) is 44.8 Å². The molecule has 3 nitrogen and oxygen atoms in total. The van der Waals surface area contributed by atoms with Crippen molar-refractivity contribution in [3.8, 4) is 0 Å². The molecule has 2 heterocycles. The summed E-state index contributed by atoms with van der Waals surface area (Å²) in [5.74, 6) is 0.179. The number of thiophene rings is 2. The highest BCUT2D eigenvalue weighted by atomic mass is 32.1. The second-order valence-corrected chi connectivity index (χ2v) is 7.19. The van der Waals surface area contributed by atoms with Gasteiger partial charge in [0.05, 0.1) is 19.1 Å². The van der Waals surface area contributed by atoms with E-state index in [1.807, 2.05) is 41.6 Å². The predicted octanol–water partition coefficient (Wildman–Crippen LogP) is 3.32. The molecule has 2 rings (SSSR count). The highest BCUT2D eigenvalue weighted by molar-refractivity contribution is 7.10. The van der Waals surface area contributed by atoms with Crippen LogP contribution < -0.4 is 5.73 Å². The number of nitrogens with two attached hydrogens (primary N) is 1. The second-order valence-electron chi connectivity index (χ2n) is 5.12. The third kappa shape index (κ3) is 3.91. The molecule has 0 saturated heterocycles. The minimum Gasteiger partial charge on any atom is -0.331 e. The molecule has 0 radical (unpaired) electrons. The Morgan fingerprint density at radius 1 is 1.15 bits per heavy atom. The Morgan fingerprint density at radius 2 is 1.65 bits per heavy atom. The number of hydrogen-bond acceptors (Lipinski definition) is 4. The van der Waals surface area contributed by atoms with Gasteiger partial charge < -0.3 is 10.6 Å². The third-order valence-corrected chi connectivity index (χ3v) is 4.89. The van der Waals surface area contributed by atoms with E-state index >= 15 is 0 Å². The lowest BCUT2D eigenvalue weighted by Gasteiger charge is -2.26. The van der Waals surface area contributed by atoms with Crippen molar-refractivity contribution in [2.75, 3.05) is 0 Å². The molecule has 0 aliphatic heterocycles. The Labute approximate surface area is 128 Å². The standard InChI is InChI=1S/C15H20N2OS2/c1-11(2)14(16)15(18)17(9-12-5-3-7-19-12)10-13-6-4-8-20-13/h3-8,11,14H,9-10,16H2,1-2H3/t14-/m1/s1. The van der Waals surface area contributed by atoms with Crippen molar-refractivity contribution in [2.45, 2.75) is 33.0 Å². The van der Waals surface area contributed by atoms with Gasteiger partial charge in [0.25, 0.3) is 0 Å². The van der Waals surface area contributed by atoms with E-state index in [2.05, 4.69) is 12.1 Å². The van der Waals surface area contributed by atoms with Crippen LogP contribution in [0.5, 0.6) is 0 Å². The van der Waals surface area contributed by atoms with Gasteiger partial charge in [-0.3, -0.25) is 4.79 Å². The predicted molar refractivity (Wildman–Crippen MR) is 85.7 cm³/mol. The zero-order chi connectivity index (χ0) is 14.5. The smallest absolute Gasteiger partial charge is 0.240 e. The number of carbonyl (C=O) groups is 1. The van der Waals surface area contributed by atoms with Gasteiger partial charge in [-0.2, -0.15) is 0 Å². The van der Waals surface area contributed by atoms with Gasteiger partial charge in [-0.15, -0.1) is 22.7 Å². The van der Waals surface area contributed by atoms with Crippen LogP contribution >= 0.6 is 22.7 Å². The average molecular weight is 308 g/mol. The summed E-state index contributed by atoms with van der Waals surface area (Å²) in [6.45, 7) is 5.23. The first-order valence-corrected chi connectivity index (χ1v) is 8.43. The van der Waals surface area contributed by atoms with Crippen LogP contribution in [0.4, 0.5) is 0 Å². The van der Waals surface area contributed by atoms with E-state index in [1.54, 1.807) is 22.7 Å². The normalized spacial score (nSPS) is 12.6. The Hall–Kier alpha value is -1.17. The van der Waals surface area contributed by atoms with Crippen LogP contribution in [0.2, 0.25) is 0 Å². The van der Waals surface area contributed by atoms with Crippen LogP contribution in [0, 0.1) is 5.92 Å². The van der Waals surface area contributed by atoms with Crippen molar-refractivity contribution in [2.24, 2.45) is 11.7 Å². The molecule has 0 bridgehead atoms. The molecule has 0 unspecified atom stereocenters. The lowest BCUT2D eigenvalue weighted by Crippen LogP contribution is -2.45. The Balaban J connectivity index is 2.12.